The molecule has 1 aromatic heterocycles. The Bertz CT molecular complexity index is 413. The topological polar surface area (TPSA) is 59.3 Å². The Balaban J connectivity index is 1.64. The minimum atomic E-state index is -0.434. The number of aliphatic hydroxyl groups is 1. The van der Waals surface area contributed by atoms with E-state index in [0.29, 0.717) is 13.2 Å². The molecule has 0 aliphatic heterocycles. The molecule has 1 heterocycles. The van der Waals surface area contributed by atoms with Crippen LogP contribution in [0.3, 0.4) is 0 Å². The monoisotopic (exact) mass is 267 g/mol. The first-order valence-corrected chi connectivity index (χ1v) is 7.03. The van der Waals surface area contributed by atoms with Crippen LogP contribution in [-0.4, -0.2) is 40.7 Å². The summed E-state index contributed by atoms with van der Waals surface area (Å²) in [6, 6.07) is 0. The molecule has 0 amide bonds. The normalized spacial score (nSPS) is 16.8. The Kier molecular flexibility index (Phi) is 4.96. The van der Waals surface area contributed by atoms with Gasteiger partial charge in [-0.3, -0.25) is 4.68 Å². The summed E-state index contributed by atoms with van der Waals surface area (Å²) in [4.78, 5) is 0. The quantitative estimate of drug-likeness (QED) is 0.735. The summed E-state index contributed by atoms with van der Waals surface area (Å²) in [5, 5.41) is 17.4. The van der Waals surface area contributed by atoms with E-state index in [1.165, 1.54) is 24.1 Å². The van der Waals surface area contributed by atoms with Gasteiger partial charge in [-0.25, -0.2) is 0 Å². The van der Waals surface area contributed by atoms with Crippen molar-refractivity contribution in [2.45, 2.75) is 39.3 Å². The minimum Gasteiger partial charge on any atom is -0.389 e. The van der Waals surface area contributed by atoms with Gasteiger partial charge in [-0.15, -0.1) is 0 Å². The van der Waals surface area contributed by atoms with E-state index in [1.807, 2.05) is 18.7 Å². The van der Waals surface area contributed by atoms with Crippen LogP contribution in [0.5, 0.6) is 0 Å². The van der Waals surface area contributed by atoms with E-state index in [4.69, 9.17) is 4.74 Å². The maximum absolute atomic E-state index is 9.80. The van der Waals surface area contributed by atoms with Crippen molar-refractivity contribution in [1.29, 1.82) is 0 Å². The maximum Gasteiger partial charge on any atom is 0.0897 e. The number of nitrogens with one attached hydrogen (secondary N) is 1. The standard InChI is InChI=1S/C14H25N3O2/c1-10-14(11(2)17(3)16-10)7-15-6-13(18)9-19-8-12-4-5-12/h12-13,15,18H,4-9H2,1-3H3. The van der Waals surface area contributed by atoms with Gasteiger partial charge in [0.05, 0.1) is 18.4 Å². The van der Waals surface area contributed by atoms with Crippen molar-refractivity contribution in [2.24, 2.45) is 13.0 Å². The highest BCUT2D eigenvalue weighted by molar-refractivity contribution is 5.23. The van der Waals surface area contributed by atoms with Crippen LogP contribution in [0.2, 0.25) is 0 Å². The Morgan fingerprint density at radius 2 is 2.21 bits per heavy atom. The van der Waals surface area contributed by atoms with Crippen LogP contribution >= 0.6 is 0 Å². The minimum absolute atomic E-state index is 0.425. The van der Waals surface area contributed by atoms with Gasteiger partial charge in [-0.05, 0) is 32.6 Å². The van der Waals surface area contributed by atoms with Crippen molar-refractivity contribution < 1.29 is 9.84 Å². The summed E-state index contributed by atoms with van der Waals surface area (Å²) in [7, 11) is 1.95. The summed E-state index contributed by atoms with van der Waals surface area (Å²) in [5.74, 6) is 0.751. The van der Waals surface area contributed by atoms with Crippen molar-refractivity contribution in [3.8, 4) is 0 Å². The predicted molar refractivity (Wildman–Crippen MR) is 73.9 cm³/mol. The third-order valence-electron chi connectivity index (χ3n) is 3.70. The molecule has 5 nitrogen and oxygen atoms in total. The predicted octanol–water partition coefficient (Wildman–Crippen LogP) is 0.914. The van der Waals surface area contributed by atoms with Gasteiger partial charge >= 0.3 is 0 Å². The molecule has 2 N–H and O–H groups in total. The van der Waals surface area contributed by atoms with Crippen molar-refractivity contribution in [3.05, 3.63) is 17.0 Å². The molecule has 1 aromatic rings. The molecule has 0 aromatic carbocycles. The largest absolute Gasteiger partial charge is 0.389 e. The molecular weight excluding hydrogens is 242 g/mol. The van der Waals surface area contributed by atoms with Gasteiger partial charge in [-0.1, -0.05) is 0 Å². The first kappa shape index (κ1) is 14.5. The number of nitrogens with zero attached hydrogens (tertiary/aromatic N) is 2. The molecule has 19 heavy (non-hydrogen) atoms. The van der Waals surface area contributed by atoms with Crippen LogP contribution in [0.1, 0.15) is 29.8 Å². The first-order chi connectivity index (χ1) is 9.08. The first-order valence-electron chi connectivity index (χ1n) is 7.03. The SMILES string of the molecule is Cc1nn(C)c(C)c1CNCC(O)COCC1CC1. The molecule has 1 unspecified atom stereocenters. The van der Waals surface area contributed by atoms with Crippen LogP contribution in [0.15, 0.2) is 0 Å². The van der Waals surface area contributed by atoms with Crippen molar-refractivity contribution in [1.82, 2.24) is 15.1 Å². The number of ether oxygens (including phenoxy) is 1. The van der Waals surface area contributed by atoms with Gasteiger partial charge in [0.25, 0.3) is 0 Å². The van der Waals surface area contributed by atoms with Gasteiger partial charge in [-0.2, -0.15) is 5.10 Å². The molecule has 1 aliphatic carbocycles. The fraction of sp³-hybridized carbons (Fsp3) is 0.786. The van der Waals surface area contributed by atoms with Crippen LogP contribution in [0.4, 0.5) is 0 Å². The van der Waals surface area contributed by atoms with Crippen LogP contribution in [0.25, 0.3) is 0 Å². The number of aryl methyl sites for hydroxylation is 2. The molecule has 0 bridgehead atoms. The average molecular weight is 267 g/mol. The molecule has 108 valence electrons. The Morgan fingerprint density at radius 1 is 1.47 bits per heavy atom. The smallest absolute Gasteiger partial charge is 0.0897 e. The summed E-state index contributed by atoms with van der Waals surface area (Å²) >= 11 is 0. The van der Waals surface area contributed by atoms with Crippen LogP contribution in [-0.2, 0) is 18.3 Å². The fourth-order valence-electron chi connectivity index (χ4n) is 2.15. The lowest BCUT2D eigenvalue weighted by Gasteiger charge is -2.12. The van der Waals surface area contributed by atoms with Gasteiger partial charge < -0.3 is 15.2 Å². The molecule has 0 saturated heterocycles. The Hall–Kier alpha value is -0.910. The van der Waals surface area contributed by atoms with Crippen LogP contribution < -0.4 is 5.32 Å². The molecule has 1 fully saturated rings. The highest BCUT2D eigenvalue weighted by Crippen LogP contribution is 2.28. The van der Waals surface area contributed by atoms with Gasteiger partial charge in [0.2, 0.25) is 0 Å². The average Bonchev–Trinajstić information content (AvgIpc) is 3.13. The molecule has 5 heteroatoms. The highest BCUT2D eigenvalue weighted by Gasteiger charge is 2.21. The number of rotatable bonds is 8. The molecule has 1 atom stereocenters. The zero-order chi connectivity index (χ0) is 13.8. The number of aromatic nitrogens is 2. The highest BCUT2D eigenvalue weighted by atomic mass is 16.5. The van der Waals surface area contributed by atoms with E-state index in [0.717, 1.165) is 24.8 Å². The third-order valence-corrected chi connectivity index (χ3v) is 3.70. The second kappa shape index (κ2) is 6.50. The zero-order valence-corrected chi connectivity index (χ0v) is 12.1. The van der Waals surface area contributed by atoms with E-state index in [9.17, 15) is 5.11 Å². The maximum atomic E-state index is 9.80. The van der Waals surface area contributed by atoms with E-state index in [2.05, 4.69) is 17.3 Å². The summed E-state index contributed by atoms with van der Waals surface area (Å²) in [5.41, 5.74) is 3.44. The third kappa shape index (κ3) is 4.30. The summed E-state index contributed by atoms with van der Waals surface area (Å²) in [6.07, 6.45) is 2.14. The van der Waals surface area contributed by atoms with E-state index in [-0.39, 0.29) is 0 Å². The second-order valence-electron chi connectivity index (χ2n) is 5.54. The summed E-state index contributed by atoms with van der Waals surface area (Å²) < 4.78 is 7.36. The summed E-state index contributed by atoms with van der Waals surface area (Å²) in [6.45, 7) is 6.60. The molecule has 0 radical (unpaired) electrons. The zero-order valence-electron chi connectivity index (χ0n) is 12.1. The van der Waals surface area contributed by atoms with E-state index in [1.54, 1.807) is 0 Å². The van der Waals surface area contributed by atoms with Crippen LogP contribution in [0, 0.1) is 19.8 Å². The number of hydrogen-bond acceptors (Lipinski definition) is 4. The van der Waals surface area contributed by atoms with Crippen molar-refractivity contribution >= 4 is 0 Å². The molecule has 2 rings (SSSR count). The van der Waals surface area contributed by atoms with Gasteiger partial charge in [0.15, 0.2) is 0 Å². The van der Waals surface area contributed by atoms with Gasteiger partial charge in [0.1, 0.15) is 0 Å². The van der Waals surface area contributed by atoms with Gasteiger partial charge in [0, 0.05) is 38.0 Å². The molecular formula is C14H25N3O2. The molecule has 0 spiro atoms. The lowest BCUT2D eigenvalue weighted by Crippen LogP contribution is -2.30. The van der Waals surface area contributed by atoms with E-state index >= 15 is 0 Å². The molecule has 1 saturated carbocycles. The fourth-order valence-corrected chi connectivity index (χ4v) is 2.15. The number of hydrogen-bond donors (Lipinski definition) is 2. The number of aliphatic hydroxyl groups excluding tert-OH is 1. The van der Waals surface area contributed by atoms with Crippen molar-refractivity contribution in [3.63, 3.8) is 0 Å². The molecule has 1 aliphatic rings. The van der Waals surface area contributed by atoms with E-state index < -0.39 is 6.10 Å². The van der Waals surface area contributed by atoms with Crippen molar-refractivity contribution in [2.75, 3.05) is 19.8 Å². The lowest BCUT2D eigenvalue weighted by atomic mass is 10.2. The Morgan fingerprint density at radius 3 is 2.79 bits per heavy atom. The lowest BCUT2D eigenvalue weighted by molar-refractivity contribution is 0.0324. The second-order valence-corrected chi connectivity index (χ2v) is 5.54. The Labute approximate surface area is 115 Å².